The zero-order valence-electron chi connectivity index (χ0n) is 17.3. The van der Waals surface area contributed by atoms with Crippen LogP contribution in [0.4, 0.5) is 9.93 Å². The van der Waals surface area contributed by atoms with Crippen molar-refractivity contribution in [3.63, 3.8) is 0 Å². The number of nitrogen functional groups attached to an aromatic ring is 1. The fourth-order valence-corrected chi connectivity index (χ4v) is 5.50. The summed E-state index contributed by atoms with van der Waals surface area (Å²) in [7, 11) is 0. The van der Waals surface area contributed by atoms with Gasteiger partial charge in [-0.2, -0.15) is 0 Å². The fraction of sp³-hybridized carbons (Fsp3) is 0.455. The second-order valence-electron chi connectivity index (χ2n) is 8.65. The van der Waals surface area contributed by atoms with Crippen molar-refractivity contribution in [1.29, 1.82) is 0 Å². The van der Waals surface area contributed by atoms with E-state index in [0.717, 1.165) is 40.2 Å². The first-order chi connectivity index (χ1) is 14.9. The lowest BCUT2D eigenvalue weighted by atomic mass is 9.92. The number of nitrogens with zero attached hydrogens (tertiary/aromatic N) is 3. The average molecular weight is 440 g/mol. The topological polar surface area (TPSA) is 109 Å². The Morgan fingerprint density at radius 3 is 2.87 bits per heavy atom. The molecule has 0 radical (unpaired) electrons. The number of anilines is 1. The number of carbonyl (C=O) groups is 3. The molecule has 2 aliphatic carbocycles. The van der Waals surface area contributed by atoms with Crippen LogP contribution in [0, 0.1) is 5.92 Å². The van der Waals surface area contributed by atoms with E-state index in [2.05, 4.69) is 10.3 Å². The molecule has 1 saturated carbocycles. The van der Waals surface area contributed by atoms with Crippen LogP contribution in [0.2, 0.25) is 0 Å². The van der Waals surface area contributed by atoms with Gasteiger partial charge in [-0.15, -0.1) is 11.3 Å². The van der Waals surface area contributed by atoms with Crippen LogP contribution in [0.25, 0.3) is 0 Å². The molecule has 2 fully saturated rings. The van der Waals surface area contributed by atoms with Gasteiger partial charge >= 0.3 is 6.03 Å². The Bertz CT molecular complexity index is 1060. The Morgan fingerprint density at radius 2 is 2.16 bits per heavy atom. The van der Waals surface area contributed by atoms with Crippen molar-refractivity contribution in [1.82, 2.24) is 20.1 Å². The second-order valence-corrected chi connectivity index (χ2v) is 9.80. The van der Waals surface area contributed by atoms with Gasteiger partial charge in [0.15, 0.2) is 5.13 Å². The summed E-state index contributed by atoms with van der Waals surface area (Å²) in [6.45, 7) is 2.14. The number of nitrogens with two attached hydrogens (primary N) is 1. The van der Waals surface area contributed by atoms with Crippen molar-refractivity contribution in [2.24, 2.45) is 5.92 Å². The molecule has 2 aromatic rings. The lowest BCUT2D eigenvalue weighted by molar-refractivity contribution is -0.141. The molecule has 2 atom stereocenters. The summed E-state index contributed by atoms with van der Waals surface area (Å²) in [5.41, 5.74) is 6.61. The van der Waals surface area contributed by atoms with E-state index in [9.17, 15) is 14.4 Å². The van der Waals surface area contributed by atoms with Crippen LogP contribution in [-0.4, -0.2) is 45.2 Å². The third-order valence-corrected chi connectivity index (χ3v) is 7.54. The van der Waals surface area contributed by atoms with E-state index in [4.69, 9.17) is 5.73 Å². The Balaban J connectivity index is 1.37. The van der Waals surface area contributed by atoms with Crippen LogP contribution in [0.1, 0.15) is 42.2 Å². The van der Waals surface area contributed by atoms with Crippen LogP contribution < -0.4 is 11.1 Å². The molecule has 3 N–H and O–H groups in total. The van der Waals surface area contributed by atoms with Crippen LogP contribution in [-0.2, 0) is 28.1 Å². The summed E-state index contributed by atoms with van der Waals surface area (Å²) in [6, 6.07) is 7.20. The first kappa shape index (κ1) is 20.0. The van der Waals surface area contributed by atoms with Gasteiger partial charge in [-0.25, -0.2) is 9.78 Å². The van der Waals surface area contributed by atoms with Crippen LogP contribution in [0.3, 0.4) is 0 Å². The zero-order valence-corrected chi connectivity index (χ0v) is 18.2. The number of nitrogens with one attached hydrogen (secondary N) is 1. The van der Waals surface area contributed by atoms with E-state index in [1.807, 2.05) is 31.2 Å². The minimum absolute atomic E-state index is 0.0257. The summed E-state index contributed by atoms with van der Waals surface area (Å²) >= 11 is 1.35. The van der Waals surface area contributed by atoms with Gasteiger partial charge in [0, 0.05) is 17.1 Å². The van der Waals surface area contributed by atoms with Crippen LogP contribution in [0.5, 0.6) is 0 Å². The summed E-state index contributed by atoms with van der Waals surface area (Å²) in [5.74, 6) is -0.125. The summed E-state index contributed by atoms with van der Waals surface area (Å²) < 4.78 is 0. The molecule has 4 amide bonds. The van der Waals surface area contributed by atoms with Crippen molar-refractivity contribution >= 4 is 34.3 Å². The molecule has 5 rings (SSSR count). The molecule has 31 heavy (non-hydrogen) atoms. The number of aromatic nitrogens is 1. The molecule has 1 aromatic heterocycles. The Labute approximate surface area is 184 Å². The number of imide groups is 1. The lowest BCUT2D eigenvalue weighted by Crippen LogP contribution is -2.47. The minimum Gasteiger partial charge on any atom is -0.375 e. The summed E-state index contributed by atoms with van der Waals surface area (Å²) in [4.78, 5) is 47.3. The highest BCUT2D eigenvalue weighted by Crippen LogP contribution is 2.41. The Kier molecular flexibility index (Phi) is 4.73. The van der Waals surface area contributed by atoms with E-state index in [-0.39, 0.29) is 24.4 Å². The zero-order chi connectivity index (χ0) is 21.8. The predicted molar refractivity (Wildman–Crippen MR) is 116 cm³/mol. The molecular weight excluding hydrogens is 414 g/mol. The van der Waals surface area contributed by atoms with Gasteiger partial charge in [-0.1, -0.05) is 24.3 Å². The molecule has 9 heteroatoms. The number of carbonyl (C=O) groups excluding carboxylic acids is 3. The monoisotopic (exact) mass is 439 g/mol. The van der Waals surface area contributed by atoms with E-state index < -0.39 is 11.6 Å². The van der Waals surface area contributed by atoms with Crippen molar-refractivity contribution in [3.05, 3.63) is 46.5 Å². The maximum atomic E-state index is 13.4. The van der Waals surface area contributed by atoms with Gasteiger partial charge in [0.2, 0.25) is 5.91 Å². The molecule has 1 saturated heterocycles. The number of hydrogen-bond donors (Lipinski definition) is 2. The van der Waals surface area contributed by atoms with Crippen molar-refractivity contribution in [2.75, 3.05) is 12.3 Å². The molecule has 0 unspecified atom stereocenters. The average Bonchev–Trinajstić information content (AvgIpc) is 3.37. The van der Waals surface area contributed by atoms with Gasteiger partial charge < -0.3 is 16.0 Å². The molecule has 0 bridgehead atoms. The number of urea groups is 1. The molecule has 8 nitrogen and oxygen atoms in total. The molecular formula is C22H25N5O3S. The quantitative estimate of drug-likeness (QED) is 0.671. The number of amides is 4. The summed E-state index contributed by atoms with van der Waals surface area (Å²) in [5, 5.41) is 3.35. The van der Waals surface area contributed by atoms with Gasteiger partial charge in [0.05, 0.1) is 6.54 Å². The van der Waals surface area contributed by atoms with Crippen molar-refractivity contribution in [3.8, 4) is 0 Å². The highest BCUT2D eigenvalue weighted by molar-refractivity contribution is 7.15. The third-order valence-electron chi connectivity index (χ3n) is 6.73. The maximum Gasteiger partial charge on any atom is 0.325 e. The number of aryl methyl sites for hydroxylation is 1. The number of thiazole rings is 1. The number of rotatable bonds is 6. The standard InChI is InChI=1S/C22H25N5O3S/c1-13(14-6-7-14)26(11-16-10-24-20(23)31-16)18(28)12-27-19(29)22(25-21(27)30)9-8-15-4-2-3-5-17(15)22/h2-5,10,13-14H,6-9,11-12H2,1H3,(H2,23,24)(H,25,30)/t13-,22-/m0/s1. The SMILES string of the molecule is C[C@@H](C1CC1)N(Cc1cnc(N)s1)C(=O)CN1C(=O)N[C@]2(CCc3ccccc32)C1=O. The van der Waals surface area contributed by atoms with E-state index in [1.165, 1.54) is 11.3 Å². The largest absolute Gasteiger partial charge is 0.375 e. The van der Waals surface area contributed by atoms with Crippen molar-refractivity contribution < 1.29 is 14.4 Å². The molecule has 1 spiro atoms. The molecule has 1 aromatic carbocycles. The molecule has 162 valence electrons. The van der Waals surface area contributed by atoms with Gasteiger partial charge in [0.1, 0.15) is 12.1 Å². The highest BCUT2D eigenvalue weighted by Gasteiger charge is 2.55. The highest BCUT2D eigenvalue weighted by atomic mass is 32.1. The predicted octanol–water partition coefficient (Wildman–Crippen LogP) is 2.25. The van der Waals surface area contributed by atoms with E-state index >= 15 is 0 Å². The Morgan fingerprint density at radius 1 is 1.39 bits per heavy atom. The van der Waals surface area contributed by atoms with Gasteiger partial charge in [0.25, 0.3) is 5.91 Å². The first-order valence-electron chi connectivity index (χ1n) is 10.6. The fourth-order valence-electron chi connectivity index (χ4n) is 4.82. The first-order valence-corrected chi connectivity index (χ1v) is 11.4. The third kappa shape index (κ3) is 3.37. The second kappa shape index (κ2) is 7.33. The van der Waals surface area contributed by atoms with Gasteiger partial charge in [-0.05, 0) is 49.7 Å². The van der Waals surface area contributed by atoms with Gasteiger partial charge in [-0.3, -0.25) is 14.5 Å². The molecule has 1 aliphatic heterocycles. The lowest BCUT2D eigenvalue weighted by Gasteiger charge is -2.30. The molecule has 2 heterocycles. The number of hydrogen-bond acceptors (Lipinski definition) is 6. The van der Waals surface area contributed by atoms with Crippen molar-refractivity contribution in [2.45, 2.75) is 50.7 Å². The smallest absolute Gasteiger partial charge is 0.325 e. The molecule has 3 aliphatic rings. The summed E-state index contributed by atoms with van der Waals surface area (Å²) in [6.07, 6.45) is 5.08. The van der Waals surface area contributed by atoms with Crippen LogP contribution in [0.15, 0.2) is 30.5 Å². The normalized spacial score (nSPS) is 23.2. The number of fused-ring (bicyclic) bond motifs is 2. The minimum atomic E-state index is -1.05. The van der Waals surface area contributed by atoms with E-state index in [0.29, 0.717) is 24.0 Å². The Hall–Kier alpha value is -2.94. The maximum absolute atomic E-state index is 13.4. The van der Waals surface area contributed by atoms with E-state index in [1.54, 1.807) is 11.1 Å². The van der Waals surface area contributed by atoms with Crippen LogP contribution >= 0.6 is 11.3 Å². The number of benzene rings is 1.